The van der Waals surface area contributed by atoms with Crippen LogP contribution in [0.1, 0.15) is 0 Å². The van der Waals surface area contributed by atoms with Crippen LogP contribution in [-0.4, -0.2) is 19.5 Å². The van der Waals surface area contributed by atoms with Gasteiger partial charge in [-0.1, -0.05) is 176 Å². The van der Waals surface area contributed by atoms with Crippen molar-refractivity contribution in [3.63, 3.8) is 0 Å². The van der Waals surface area contributed by atoms with Gasteiger partial charge in [-0.25, -0.2) is 15.0 Å². The number of hydrogen-bond donors (Lipinski definition) is 0. The highest BCUT2D eigenvalue weighted by Crippen LogP contribution is 2.43. The first kappa shape index (κ1) is 36.5. The summed E-state index contributed by atoms with van der Waals surface area (Å²) in [7, 11) is 0. The molecule has 306 valence electrons. The van der Waals surface area contributed by atoms with Gasteiger partial charge in [0, 0.05) is 49.7 Å². The molecule has 0 aliphatic carbocycles. The van der Waals surface area contributed by atoms with Crippen molar-refractivity contribution in [3.8, 4) is 51.0 Å². The second-order valence-electron chi connectivity index (χ2n) is 17.1. The van der Waals surface area contributed by atoms with E-state index in [0.717, 1.165) is 98.8 Å². The number of hydrogen-bond acceptors (Lipinski definition) is 4. The van der Waals surface area contributed by atoms with E-state index in [-0.39, 0.29) is 0 Å². The monoisotopic (exact) mass is 840 g/mol. The van der Waals surface area contributed by atoms with Crippen LogP contribution >= 0.6 is 0 Å². The van der Waals surface area contributed by atoms with Gasteiger partial charge in [-0.15, -0.1) is 0 Å². The highest BCUT2D eigenvalue weighted by Gasteiger charge is 2.24. The Kier molecular flexibility index (Phi) is 7.91. The topological polar surface area (TPSA) is 56.7 Å². The summed E-state index contributed by atoms with van der Waals surface area (Å²) in [6, 6.07) is 77.5. The summed E-state index contributed by atoms with van der Waals surface area (Å²) in [5.41, 5.74) is 9.72. The van der Waals surface area contributed by atoms with Crippen LogP contribution < -0.4 is 0 Å². The summed E-state index contributed by atoms with van der Waals surface area (Å²) in [4.78, 5) is 16.4. The smallest absolute Gasteiger partial charge is 0.166 e. The average molecular weight is 841 g/mol. The van der Waals surface area contributed by atoms with Crippen LogP contribution in [0, 0.1) is 0 Å². The number of para-hydroxylation sites is 1. The second-order valence-corrected chi connectivity index (χ2v) is 17.1. The highest BCUT2D eigenvalue weighted by atomic mass is 16.3. The molecule has 0 bridgehead atoms. The van der Waals surface area contributed by atoms with Crippen molar-refractivity contribution in [2.24, 2.45) is 0 Å². The van der Waals surface area contributed by atoms with Gasteiger partial charge >= 0.3 is 0 Å². The van der Waals surface area contributed by atoms with Crippen LogP contribution in [0.5, 0.6) is 0 Å². The van der Waals surface area contributed by atoms with Crippen molar-refractivity contribution in [1.82, 2.24) is 19.5 Å². The van der Waals surface area contributed by atoms with Gasteiger partial charge in [0.05, 0.1) is 16.7 Å². The number of aromatic nitrogens is 4. The number of nitrogens with zero attached hydrogens (tertiary/aromatic N) is 4. The van der Waals surface area contributed by atoms with E-state index < -0.39 is 0 Å². The third-order valence-electron chi connectivity index (χ3n) is 13.4. The molecule has 5 nitrogen and oxygen atoms in total. The number of fused-ring (bicyclic) bond motifs is 12. The molecule has 0 saturated heterocycles. The number of furan rings is 1. The van der Waals surface area contributed by atoms with E-state index >= 15 is 0 Å². The number of benzene rings is 11. The minimum Gasteiger partial charge on any atom is -0.455 e. The Balaban J connectivity index is 1.10. The van der Waals surface area contributed by atoms with Crippen LogP contribution in [0.25, 0.3) is 138 Å². The summed E-state index contributed by atoms with van der Waals surface area (Å²) in [6.45, 7) is 0. The minimum atomic E-state index is 0.568. The molecule has 66 heavy (non-hydrogen) atoms. The van der Waals surface area contributed by atoms with Crippen LogP contribution in [0.2, 0.25) is 0 Å². The van der Waals surface area contributed by atoms with E-state index in [2.05, 4.69) is 217 Å². The van der Waals surface area contributed by atoms with Crippen molar-refractivity contribution in [3.05, 3.63) is 218 Å². The normalized spacial score (nSPS) is 11.9. The maximum Gasteiger partial charge on any atom is 0.166 e. The maximum atomic E-state index is 6.95. The molecule has 14 rings (SSSR count). The molecule has 0 N–H and O–H groups in total. The van der Waals surface area contributed by atoms with Crippen molar-refractivity contribution in [1.29, 1.82) is 0 Å². The molecule has 11 aromatic carbocycles. The van der Waals surface area contributed by atoms with Crippen molar-refractivity contribution >= 4 is 86.8 Å². The van der Waals surface area contributed by atoms with Crippen LogP contribution in [0.4, 0.5) is 0 Å². The van der Waals surface area contributed by atoms with Crippen LogP contribution in [-0.2, 0) is 0 Å². The third-order valence-corrected chi connectivity index (χ3v) is 13.4. The zero-order valence-corrected chi connectivity index (χ0v) is 35.5. The molecule has 0 fully saturated rings. The summed E-state index contributed by atoms with van der Waals surface area (Å²) < 4.78 is 9.32. The lowest BCUT2D eigenvalue weighted by Crippen LogP contribution is -2.04. The first-order chi connectivity index (χ1) is 32.7. The van der Waals surface area contributed by atoms with Crippen molar-refractivity contribution in [2.45, 2.75) is 0 Å². The molecule has 0 saturated carbocycles. The maximum absolute atomic E-state index is 6.95. The Hall–Kier alpha value is -8.93. The van der Waals surface area contributed by atoms with Gasteiger partial charge in [0.2, 0.25) is 0 Å². The first-order valence-corrected chi connectivity index (χ1v) is 22.3. The first-order valence-electron chi connectivity index (χ1n) is 22.3. The number of rotatable bonds is 5. The fourth-order valence-corrected chi connectivity index (χ4v) is 10.2. The van der Waals surface area contributed by atoms with Crippen LogP contribution in [0.15, 0.2) is 223 Å². The summed E-state index contributed by atoms with van der Waals surface area (Å²) >= 11 is 0. The van der Waals surface area contributed by atoms with Gasteiger partial charge in [0.15, 0.2) is 17.5 Å². The molecular formula is C61H36N4O. The lowest BCUT2D eigenvalue weighted by atomic mass is 9.96. The van der Waals surface area contributed by atoms with Gasteiger partial charge in [-0.2, -0.15) is 0 Å². The fraction of sp³-hybridized carbons (Fsp3) is 0. The zero-order valence-electron chi connectivity index (χ0n) is 35.5. The summed E-state index contributed by atoms with van der Waals surface area (Å²) in [6.07, 6.45) is 0. The fourth-order valence-electron chi connectivity index (χ4n) is 10.2. The van der Waals surface area contributed by atoms with Crippen molar-refractivity contribution in [2.75, 3.05) is 0 Å². The SMILES string of the molecule is c1ccc(-c2ccc(-c3nc(-c4cc5c(cc4-n4c6ccccc6c6cc7ccccc7cc64)oc4c6ccccc6ccc54)nc(-c4cc5ccccc5c5ccccc45)n3)cc2)cc1. The Morgan fingerprint density at radius 1 is 0.303 bits per heavy atom. The molecule has 0 unspecified atom stereocenters. The highest BCUT2D eigenvalue weighted by molar-refractivity contribution is 6.18. The predicted molar refractivity (Wildman–Crippen MR) is 273 cm³/mol. The van der Waals surface area contributed by atoms with Gasteiger partial charge in [0.25, 0.3) is 0 Å². The Labute approximate surface area is 378 Å². The average Bonchev–Trinajstić information content (AvgIpc) is 3.92. The van der Waals surface area contributed by atoms with Gasteiger partial charge < -0.3 is 8.98 Å². The zero-order chi connectivity index (χ0) is 43.3. The molecule has 0 atom stereocenters. The van der Waals surface area contributed by atoms with E-state index in [0.29, 0.717) is 17.5 Å². The third kappa shape index (κ3) is 5.63. The molecule has 0 aliphatic rings. The molecule has 0 radical (unpaired) electrons. The molecule has 14 aromatic rings. The minimum absolute atomic E-state index is 0.568. The predicted octanol–water partition coefficient (Wildman–Crippen LogP) is 16.1. The Bertz CT molecular complexity index is 4280. The van der Waals surface area contributed by atoms with E-state index in [1.54, 1.807) is 0 Å². The van der Waals surface area contributed by atoms with E-state index in [1.807, 2.05) is 6.07 Å². The molecule has 0 amide bonds. The van der Waals surface area contributed by atoms with E-state index in [1.165, 1.54) is 21.5 Å². The molecule has 3 heterocycles. The van der Waals surface area contributed by atoms with Crippen LogP contribution in [0.3, 0.4) is 0 Å². The van der Waals surface area contributed by atoms with E-state index in [9.17, 15) is 0 Å². The van der Waals surface area contributed by atoms with Crippen molar-refractivity contribution < 1.29 is 4.42 Å². The molecular weight excluding hydrogens is 805 g/mol. The second kappa shape index (κ2) is 14.3. The molecule has 3 aromatic heterocycles. The molecule has 5 heteroatoms. The quantitative estimate of drug-likeness (QED) is 0.162. The summed E-state index contributed by atoms with van der Waals surface area (Å²) in [5.74, 6) is 1.76. The standard InChI is InChI=1S/C61H36N4O/c1-2-14-37(15-3-1)38-26-28-40(29-27-38)59-62-60(52-33-43-19-7-8-20-44(43)46-22-10-11-23-47(46)52)64-61(63-59)53-35-51-49-31-30-39-16-6-9-21-45(39)58(49)66-57(51)36-56(53)65-54-25-13-12-24-48(54)50-32-41-17-4-5-18-42(41)34-55(50)65/h1-36H. The lowest BCUT2D eigenvalue weighted by Gasteiger charge is -2.16. The molecule has 0 spiro atoms. The Morgan fingerprint density at radius 2 is 0.894 bits per heavy atom. The Morgan fingerprint density at radius 3 is 1.70 bits per heavy atom. The summed E-state index contributed by atoms with van der Waals surface area (Å²) in [5, 5.41) is 13.5. The van der Waals surface area contributed by atoms with Gasteiger partial charge in [-0.05, 0) is 85.2 Å². The lowest BCUT2D eigenvalue weighted by molar-refractivity contribution is 0.672. The van der Waals surface area contributed by atoms with Gasteiger partial charge in [-0.3, -0.25) is 0 Å². The van der Waals surface area contributed by atoms with E-state index in [4.69, 9.17) is 19.4 Å². The van der Waals surface area contributed by atoms with Gasteiger partial charge in [0.1, 0.15) is 11.2 Å². The molecule has 0 aliphatic heterocycles. The largest absolute Gasteiger partial charge is 0.455 e.